The van der Waals surface area contributed by atoms with E-state index in [0.29, 0.717) is 28.4 Å². The summed E-state index contributed by atoms with van der Waals surface area (Å²) in [6.07, 6.45) is 2.27. The first-order chi connectivity index (χ1) is 17.7. The topological polar surface area (TPSA) is 91.7 Å². The van der Waals surface area contributed by atoms with Crippen molar-refractivity contribution in [3.05, 3.63) is 81.9 Å². The van der Waals surface area contributed by atoms with Crippen molar-refractivity contribution in [2.45, 2.75) is 65.5 Å². The van der Waals surface area contributed by atoms with E-state index in [1.807, 2.05) is 38.4 Å². The Morgan fingerprint density at radius 3 is 2.57 bits per heavy atom. The van der Waals surface area contributed by atoms with E-state index in [1.54, 1.807) is 13.8 Å². The largest absolute Gasteiger partial charge is 0.458 e. The van der Waals surface area contributed by atoms with Crippen LogP contribution in [0.15, 0.2) is 51.4 Å². The van der Waals surface area contributed by atoms with Gasteiger partial charge in [-0.1, -0.05) is 43.1 Å². The van der Waals surface area contributed by atoms with Gasteiger partial charge in [-0.25, -0.2) is 0 Å². The summed E-state index contributed by atoms with van der Waals surface area (Å²) < 4.78 is 11.1. The Hall–Kier alpha value is -3.58. The van der Waals surface area contributed by atoms with Gasteiger partial charge in [-0.2, -0.15) is 0 Å². The van der Waals surface area contributed by atoms with E-state index in [4.69, 9.17) is 8.94 Å². The van der Waals surface area contributed by atoms with Crippen LogP contribution in [0.2, 0.25) is 0 Å². The number of hydrogen-bond donors (Lipinski definition) is 2. The monoisotopic (exact) mass is 503 g/mol. The van der Waals surface area contributed by atoms with Gasteiger partial charge in [-0.3, -0.25) is 4.79 Å². The van der Waals surface area contributed by atoms with Crippen LogP contribution in [0, 0.1) is 20.8 Å². The van der Waals surface area contributed by atoms with Crippen molar-refractivity contribution in [1.29, 1.82) is 0 Å². The second-order valence-electron chi connectivity index (χ2n) is 10.1. The van der Waals surface area contributed by atoms with Crippen molar-refractivity contribution < 1.29 is 18.8 Å². The van der Waals surface area contributed by atoms with Gasteiger partial charge in [-0.15, -0.1) is 0 Å². The molecule has 0 spiro atoms. The minimum Gasteiger partial charge on any atom is -0.458 e. The van der Waals surface area contributed by atoms with Crippen LogP contribution >= 0.6 is 0 Å². The van der Waals surface area contributed by atoms with Crippen molar-refractivity contribution in [3.8, 4) is 0 Å². The number of benzene rings is 2. The number of rotatable bonds is 10. The van der Waals surface area contributed by atoms with Crippen LogP contribution in [0.4, 0.5) is 5.69 Å². The van der Waals surface area contributed by atoms with Crippen molar-refractivity contribution in [2.75, 3.05) is 19.0 Å². The first-order valence-electron chi connectivity index (χ1n) is 12.9. The lowest BCUT2D eigenvalue weighted by Crippen LogP contribution is -2.31. The molecule has 2 heterocycles. The van der Waals surface area contributed by atoms with Crippen LogP contribution in [0.25, 0.3) is 11.0 Å². The fraction of sp³-hybridized carbons (Fsp3) is 0.400. The number of aryl methyl sites for hydroxylation is 3. The van der Waals surface area contributed by atoms with E-state index in [-0.39, 0.29) is 18.4 Å². The zero-order valence-corrected chi connectivity index (χ0v) is 22.6. The van der Waals surface area contributed by atoms with Crippen LogP contribution in [0.1, 0.15) is 77.8 Å². The molecule has 2 aromatic heterocycles. The molecule has 2 atom stereocenters. The predicted octanol–water partition coefficient (Wildman–Crippen LogP) is 6.08. The van der Waals surface area contributed by atoms with Gasteiger partial charge in [0, 0.05) is 25.2 Å². The first-order valence-corrected chi connectivity index (χ1v) is 12.9. The second-order valence-corrected chi connectivity index (χ2v) is 10.1. The third-order valence-corrected chi connectivity index (χ3v) is 6.82. The minimum absolute atomic E-state index is 0.0230. The number of furan rings is 1. The zero-order valence-electron chi connectivity index (χ0n) is 22.6. The summed E-state index contributed by atoms with van der Waals surface area (Å²) in [5, 5.41) is 18.9. The molecule has 1 amide bonds. The zero-order chi connectivity index (χ0) is 26.7. The van der Waals surface area contributed by atoms with Crippen molar-refractivity contribution >= 4 is 22.6 Å². The number of hydrogen-bond acceptors (Lipinski definition) is 6. The maximum absolute atomic E-state index is 13.2. The summed E-state index contributed by atoms with van der Waals surface area (Å²) in [6.45, 7) is 7.81. The summed E-state index contributed by atoms with van der Waals surface area (Å²) >= 11 is 0. The van der Waals surface area contributed by atoms with Crippen LogP contribution < -0.4 is 10.2 Å². The molecular formula is C30H37N3O4. The molecule has 37 heavy (non-hydrogen) atoms. The van der Waals surface area contributed by atoms with E-state index in [9.17, 15) is 9.90 Å². The molecule has 0 bridgehead atoms. The Morgan fingerprint density at radius 1 is 1.11 bits per heavy atom. The number of aliphatic hydroxyl groups excluding tert-OH is 1. The van der Waals surface area contributed by atoms with E-state index in [0.717, 1.165) is 41.5 Å². The maximum atomic E-state index is 13.2. The summed E-state index contributed by atoms with van der Waals surface area (Å²) in [6, 6.07) is 13.9. The van der Waals surface area contributed by atoms with Gasteiger partial charge in [0.1, 0.15) is 23.2 Å². The second kappa shape index (κ2) is 11.2. The number of carbonyl (C=O) groups excluding carboxylic acids is 1. The Labute approximate surface area is 218 Å². The number of aliphatic hydroxyl groups is 1. The third kappa shape index (κ3) is 5.88. The number of fused-ring (bicyclic) bond motifs is 1. The van der Waals surface area contributed by atoms with Gasteiger partial charge in [0.05, 0.1) is 23.7 Å². The lowest BCUT2D eigenvalue weighted by atomic mass is 9.97. The highest BCUT2D eigenvalue weighted by Gasteiger charge is 2.24. The van der Waals surface area contributed by atoms with Crippen LogP contribution in [0.5, 0.6) is 0 Å². The molecule has 0 saturated carbocycles. The molecular weight excluding hydrogens is 466 g/mol. The van der Waals surface area contributed by atoms with E-state index in [1.165, 1.54) is 5.56 Å². The van der Waals surface area contributed by atoms with Gasteiger partial charge in [0.2, 0.25) is 5.91 Å². The lowest BCUT2D eigenvalue weighted by molar-refractivity contribution is -0.121. The Bertz CT molecular complexity index is 1370. The van der Waals surface area contributed by atoms with Gasteiger partial charge in [0.15, 0.2) is 0 Å². The molecule has 0 fully saturated rings. The fourth-order valence-electron chi connectivity index (χ4n) is 4.86. The van der Waals surface area contributed by atoms with Gasteiger partial charge in [-0.05, 0) is 68.1 Å². The Morgan fingerprint density at radius 2 is 1.89 bits per heavy atom. The number of carbonyl (C=O) groups is 1. The number of anilines is 1. The van der Waals surface area contributed by atoms with Crippen LogP contribution in [-0.4, -0.2) is 30.3 Å². The molecule has 0 radical (unpaired) electrons. The standard InChI is InChI=1S/C30H37N3O4/c1-7-8-9-24(23-12-10-18(2)14-25(23)33(5)6)31-28(34)16-21-11-13-26-22(15-21)17-27(36-26)30(35)29-19(3)32-37-20(29)4/h10-15,17,24,30,35H,7-9,16H2,1-6H3,(H,31,34). The molecule has 0 aliphatic rings. The molecule has 196 valence electrons. The smallest absolute Gasteiger partial charge is 0.224 e. The highest BCUT2D eigenvalue weighted by molar-refractivity contribution is 5.83. The molecule has 0 aliphatic carbocycles. The molecule has 7 heteroatoms. The molecule has 4 rings (SSSR count). The summed E-state index contributed by atoms with van der Waals surface area (Å²) in [5.74, 6) is 0.956. The molecule has 7 nitrogen and oxygen atoms in total. The number of nitrogens with one attached hydrogen (secondary N) is 1. The quantitative estimate of drug-likeness (QED) is 0.272. The SMILES string of the molecule is CCCCC(NC(=O)Cc1ccc2oc(C(O)c3c(C)noc3C)cc2c1)c1ccc(C)cc1N(C)C. The molecule has 2 aromatic carbocycles. The van der Waals surface area contributed by atoms with Crippen LogP contribution in [-0.2, 0) is 11.2 Å². The maximum Gasteiger partial charge on any atom is 0.224 e. The molecule has 0 saturated heterocycles. The normalized spacial score (nSPS) is 13.1. The lowest BCUT2D eigenvalue weighted by Gasteiger charge is -2.26. The number of nitrogens with zero attached hydrogens (tertiary/aromatic N) is 2. The molecule has 0 aliphatic heterocycles. The Kier molecular flexibility index (Phi) is 8.03. The number of amides is 1. The number of unbranched alkanes of at least 4 members (excludes halogenated alkanes) is 1. The van der Waals surface area contributed by atoms with E-state index in [2.05, 4.69) is 47.4 Å². The van der Waals surface area contributed by atoms with Gasteiger partial charge >= 0.3 is 0 Å². The fourth-order valence-corrected chi connectivity index (χ4v) is 4.86. The van der Waals surface area contributed by atoms with Crippen LogP contribution in [0.3, 0.4) is 0 Å². The molecule has 2 unspecified atom stereocenters. The minimum atomic E-state index is -0.967. The molecule has 2 N–H and O–H groups in total. The highest BCUT2D eigenvalue weighted by Crippen LogP contribution is 2.33. The van der Waals surface area contributed by atoms with E-state index >= 15 is 0 Å². The van der Waals surface area contributed by atoms with E-state index < -0.39 is 6.10 Å². The highest BCUT2D eigenvalue weighted by atomic mass is 16.5. The Balaban J connectivity index is 1.52. The molecule has 4 aromatic rings. The summed E-state index contributed by atoms with van der Waals surface area (Å²) in [5.41, 5.74) is 6.25. The third-order valence-electron chi connectivity index (χ3n) is 6.82. The van der Waals surface area contributed by atoms with Crippen molar-refractivity contribution in [3.63, 3.8) is 0 Å². The average molecular weight is 504 g/mol. The van der Waals surface area contributed by atoms with Gasteiger partial charge in [0.25, 0.3) is 0 Å². The summed E-state index contributed by atoms with van der Waals surface area (Å²) in [7, 11) is 4.07. The predicted molar refractivity (Wildman–Crippen MR) is 146 cm³/mol. The van der Waals surface area contributed by atoms with Gasteiger partial charge < -0.3 is 24.3 Å². The van der Waals surface area contributed by atoms with Crippen molar-refractivity contribution in [2.24, 2.45) is 0 Å². The first kappa shape index (κ1) is 26.5. The summed E-state index contributed by atoms with van der Waals surface area (Å²) in [4.78, 5) is 15.3. The van der Waals surface area contributed by atoms with Crippen molar-refractivity contribution in [1.82, 2.24) is 10.5 Å². The average Bonchev–Trinajstić information content (AvgIpc) is 3.43. The number of aromatic nitrogens is 1.